The second kappa shape index (κ2) is 5.54. The molecule has 1 atom stereocenters. The van der Waals surface area contributed by atoms with E-state index < -0.39 is 0 Å². The van der Waals surface area contributed by atoms with Gasteiger partial charge in [-0.25, -0.2) is 0 Å². The van der Waals surface area contributed by atoms with Gasteiger partial charge in [0.05, 0.1) is 0 Å². The Hall–Kier alpha value is -0.670. The summed E-state index contributed by atoms with van der Waals surface area (Å²) in [5.74, 6) is 1.20. The van der Waals surface area contributed by atoms with Gasteiger partial charge in [-0.15, -0.1) is 0 Å². The molecule has 2 N–H and O–H groups in total. The third-order valence-electron chi connectivity index (χ3n) is 3.54. The molecule has 1 aliphatic rings. The maximum atomic E-state index is 6.24. The standard InChI is InChI=1S/C15H24N2S/c1-4-13(16)12-7-5-6-8-14(12)17-9-10-18-15(2,3)11-17/h5-8,13H,4,9-11,16H2,1-3H3/t13-/m0/s1. The van der Waals surface area contributed by atoms with Crippen LogP contribution in [0.2, 0.25) is 0 Å². The van der Waals surface area contributed by atoms with Gasteiger partial charge in [0.1, 0.15) is 0 Å². The Bertz CT molecular complexity index is 403. The minimum atomic E-state index is 0.152. The van der Waals surface area contributed by atoms with E-state index in [4.69, 9.17) is 5.73 Å². The Labute approximate surface area is 115 Å². The first-order valence-electron chi connectivity index (χ1n) is 6.77. The Morgan fingerprint density at radius 1 is 1.39 bits per heavy atom. The second-order valence-electron chi connectivity index (χ2n) is 5.60. The molecule has 18 heavy (non-hydrogen) atoms. The molecule has 1 aromatic rings. The van der Waals surface area contributed by atoms with Gasteiger partial charge in [0.15, 0.2) is 0 Å². The van der Waals surface area contributed by atoms with Crippen molar-refractivity contribution in [3.8, 4) is 0 Å². The number of hydrogen-bond acceptors (Lipinski definition) is 3. The molecule has 1 aromatic carbocycles. The molecule has 3 heteroatoms. The van der Waals surface area contributed by atoms with E-state index in [1.165, 1.54) is 17.0 Å². The third-order valence-corrected chi connectivity index (χ3v) is 4.84. The zero-order valence-electron chi connectivity index (χ0n) is 11.6. The van der Waals surface area contributed by atoms with Crippen LogP contribution in [-0.2, 0) is 0 Å². The number of nitrogens with zero attached hydrogens (tertiary/aromatic N) is 1. The number of thioether (sulfide) groups is 1. The first kappa shape index (κ1) is 13.8. The van der Waals surface area contributed by atoms with Gasteiger partial charge in [-0.2, -0.15) is 11.8 Å². The lowest BCUT2D eigenvalue weighted by Crippen LogP contribution is -2.43. The van der Waals surface area contributed by atoms with Gasteiger partial charge < -0.3 is 10.6 Å². The van der Waals surface area contributed by atoms with Crippen molar-refractivity contribution < 1.29 is 0 Å². The minimum Gasteiger partial charge on any atom is -0.369 e. The maximum absolute atomic E-state index is 6.24. The zero-order valence-corrected chi connectivity index (χ0v) is 12.5. The van der Waals surface area contributed by atoms with E-state index in [0.717, 1.165) is 19.5 Å². The lowest BCUT2D eigenvalue weighted by atomic mass is 10.0. The van der Waals surface area contributed by atoms with Crippen LogP contribution in [0.1, 0.15) is 38.8 Å². The molecule has 1 aliphatic heterocycles. The summed E-state index contributed by atoms with van der Waals surface area (Å²) < 4.78 is 0.335. The fourth-order valence-electron chi connectivity index (χ4n) is 2.53. The Balaban J connectivity index is 2.27. The van der Waals surface area contributed by atoms with E-state index in [1.54, 1.807) is 0 Å². The Morgan fingerprint density at radius 3 is 2.78 bits per heavy atom. The summed E-state index contributed by atoms with van der Waals surface area (Å²) in [6, 6.07) is 8.77. The van der Waals surface area contributed by atoms with Crippen molar-refractivity contribution in [2.45, 2.75) is 38.0 Å². The number of para-hydroxylation sites is 1. The van der Waals surface area contributed by atoms with Gasteiger partial charge in [-0.3, -0.25) is 0 Å². The highest BCUT2D eigenvalue weighted by molar-refractivity contribution is 8.00. The molecule has 0 spiro atoms. The molecule has 2 nitrogen and oxygen atoms in total. The molecule has 0 unspecified atom stereocenters. The SMILES string of the molecule is CC[C@H](N)c1ccccc1N1CCSC(C)(C)C1. The summed E-state index contributed by atoms with van der Waals surface area (Å²) >= 11 is 2.07. The third kappa shape index (κ3) is 3.01. The molecule has 0 amide bonds. The molecule has 0 saturated carbocycles. The smallest absolute Gasteiger partial charge is 0.0415 e. The summed E-state index contributed by atoms with van der Waals surface area (Å²) in [6.07, 6.45) is 0.989. The van der Waals surface area contributed by atoms with Crippen LogP contribution in [0.3, 0.4) is 0 Å². The normalized spacial score (nSPS) is 20.8. The average molecular weight is 264 g/mol. The van der Waals surface area contributed by atoms with E-state index in [-0.39, 0.29) is 6.04 Å². The van der Waals surface area contributed by atoms with Gasteiger partial charge >= 0.3 is 0 Å². The van der Waals surface area contributed by atoms with Gasteiger partial charge in [0, 0.05) is 35.3 Å². The molecule has 0 aliphatic carbocycles. The van der Waals surface area contributed by atoms with Gasteiger partial charge in [-0.05, 0) is 31.9 Å². The van der Waals surface area contributed by atoms with E-state index in [2.05, 4.69) is 61.7 Å². The van der Waals surface area contributed by atoms with E-state index in [0.29, 0.717) is 4.75 Å². The number of hydrogen-bond donors (Lipinski definition) is 1. The number of anilines is 1. The van der Waals surface area contributed by atoms with Crippen molar-refractivity contribution in [1.82, 2.24) is 0 Å². The number of rotatable bonds is 3. The highest BCUT2D eigenvalue weighted by atomic mass is 32.2. The van der Waals surface area contributed by atoms with Crippen LogP contribution in [0.5, 0.6) is 0 Å². The molecule has 1 heterocycles. The summed E-state index contributed by atoms with van der Waals surface area (Å²) in [4.78, 5) is 2.50. The highest BCUT2D eigenvalue weighted by Gasteiger charge is 2.28. The first-order valence-corrected chi connectivity index (χ1v) is 7.75. The molecule has 1 fully saturated rings. The monoisotopic (exact) mass is 264 g/mol. The van der Waals surface area contributed by atoms with Crippen molar-refractivity contribution in [3.63, 3.8) is 0 Å². The number of nitrogens with two attached hydrogens (primary N) is 1. The predicted molar refractivity (Wildman–Crippen MR) is 82.4 cm³/mol. The topological polar surface area (TPSA) is 29.3 Å². The van der Waals surface area contributed by atoms with Gasteiger partial charge in [0.25, 0.3) is 0 Å². The van der Waals surface area contributed by atoms with Crippen molar-refractivity contribution in [2.75, 3.05) is 23.7 Å². The summed E-state index contributed by atoms with van der Waals surface area (Å²) in [5, 5.41) is 0. The molecular weight excluding hydrogens is 240 g/mol. The predicted octanol–water partition coefficient (Wildman–Crippen LogP) is 3.43. The molecule has 2 rings (SSSR count). The van der Waals surface area contributed by atoms with Crippen molar-refractivity contribution >= 4 is 17.4 Å². The van der Waals surface area contributed by atoms with Crippen molar-refractivity contribution in [2.24, 2.45) is 5.73 Å². The van der Waals surface area contributed by atoms with Crippen molar-refractivity contribution in [3.05, 3.63) is 29.8 Å². The lowest BCUT2D eigenvalue weighted by Gasteiger charge is -2.40. The van der Waals surface area contributed by atoms with E-state index in [9.17, 15) is 0 Å². The lowest BCUT2D eigenvalue weighted by molar-refractivity contribution is 0.636. The number of benzene rings is 1. The van der Waals surface area contributed by atoms with Gasteiger partial charge in [0.2, 0.25) is 0 Å². The second-order valence-corrected chi connectivity index (χ2v) is 7.41. The summed E-state index contributed by atoms with van der Waals surface area (Å²) in [5.41, 5.74) is 8.87. The maximum Gasteiger partial charge on any atom is 0.0415 e. The minimum absolute atomic E-state index is 0.152. The van der Waals surface area contributed by atoms with Crippen LogP contribution in [0, 0.1) is 0 Å². The van der Waals surface area contributed by atoms with Gasteiger partial charge in [-0.1, -0.05) is 25.1 Å². The van der Waals surface area contributed by atoms with Crippen LogP contribution in [0.15, 0.2) is 24.3 Å². The van der Waals surface area contributed by atoms with Crippen molar-refractivity contribution in [1.29, 1.82) is 0 Å². The molecule has 0 bridgehead atoms. The van der Waals surface area contributed by atoms with E-state index >= 15 is 0 Å². The quantitative estimate of drug-likeness (QED) is 0.907. The van der Waals surface area contributed by atoms with Crippen LogP contribution >= 0.6 is 11.8 Å². The van der Waals surface area contributed by atoms with Crippen LogP contribution in [0.25, 0.3) is 0 Å². The summed E-state index contributed by atoms with van der Waals surface area (Å²) in [7, 11) is 0. The van der Waals surface area contributed by atoms with Crippen LogP contribution < -0.4 is 10.6 Å². The zero-order chi connectivity index (χ0) is 13.2. The molecule has 1 saturated heterocycles. The molecule has 0 aromatic heterocycles. The first-order chi connectivity index (χ1) is 8.53. The Morgan fingerprint density at radius 2 is 2.11 bits per heavy atom. The largest absolute Gasteiger partial charge is 0.369 e. The molecular formula is C15H24N2S. The molecule has 0 radical (unpaired) electrons. The van der Waals surface area contributed by atoms with Crippen LogP contribution in [-0.4, -0.2) is 23.6 Å². The Kier molecular flexibility index (Phi) is 4.23. The fraction of sp³-hybridized carbons (Fsp3) is 0.600. The van der Waals surface area contributed by atoms with E-state index in [1.807, 2.05) is 0 Å². The highest BCUT2D eigenvalue weighted by Crippen LogP contribution is 2.35. The summed E-state index contributed by atoms with van der Waals surface area (Å²) in [6.45, 7) is 9.03. The fourth-order valence-corrected chi connectivity index (χ4v) is 3.64. The average Bonchev–Trinajstić information content (AvgIpc) is 2.36. The molecule has 100 valence electrons. The van der Waals surface area contributed by atoms with Crippen LogP contribution in [0.4, 0.5) is 5.69 Å².